The zero-order valence-corrected chi connectivity index (χ0v) is 31.2. The number of hydrogen-bond donors (Lipinski definition) is 2. The van der Waals surface area contributed by atoms with E-state index in [0.29, 0.717) is 11.5 Å². The number of fused-ring (bicyclic) bond motifs is 6. The number of aryl methyl sites for hydroxylation is 3. The highest BCUT2D eigenvalue weighted by Gasteiger charge is 2.63. The third-order valence-electron chi connectivity index (χ3n) is 14.0. The third kappa shape index (κ3) is 4.28. The van der Waals surface area contributed by atoms with Crippen molar-refractivity contribution in [1.82, 2.24) is 0 Å². The highest BCUT2D eigenvalue weighted by Crippen LogP contribution is 2.69. The van der Waals surface area contributed by atoms with E-state index in [1.807, 2.05) is 0 Å². The molecule has 0 radical (unpaired) electrons. The molecule has 7 rings (SSSR count). The second-order valence-electron chi connectivity index (χ2n) is 16.4. The van der Waals surface area contributed by atoms with Crippen molar-refractivity contribution in [1.29, 1.82) is 0 Å². The van der Waals surface area contributed by atoms with Crippen LogP contribution in [0.4, 0.5) is 0 Å². The number of phenolic OH excluding ortho intramolecular Hbond substituents is 2. The first-order valence-corrected chi connectivity index (χ1v) is 18.3. The first kappa shape index (κ1) is 33.3. The molecule has 0 saturated carbocycles. The van der Waals surface area contributed by atoms with Crippen molar-refractivity contribution >= 4 is 10.9 Å². The third-order valence-corrected chi connectivity index (χ3v) is 14.0. The van der Waals surface area contributed by atoms with Crippen molar-refractivity contribution in [3.63, 3.8) is 0 Å². The highest BCUT2D eigenvalue weighted by molar-refractivity contribution is 5.86. The fraction of sp³-hybridized carbons (Fsp3) is 0.422. The summed E-state index contributed by atoms with van der Waals surface area (Å²) in [6.07, 6.45) is 4.77. The summed E-state index contributed by atoms with van der Waals surface area (Å²) in [7, 11) is 0. The molecule has 4 heteroatoms. The average molecular weight is 655 g/mol. The first-order chi connectivity index (χ1) is 23.2. The fourth-order valence-corrected chi connectivity index (χ4v) is 10.0. The van der Waals surface area contributed by atoms with Crippen LogP contribution in [0.5, 0.6) is 11.5 Å². The Hall–Kier alpha value is -4.18. The largest absolute Gasteiger partial charge is 0.507 e. The maximum atomic E-state index is 12.9. The van der Waals surface area contributed by atoms with Gasteiger partial charge in [0.1, 0.15) is 18.0 Å². The van der Waals surface area contributed by atoms with Crippen LogP contribution in [0.25, 0.3) is 33.4 Å². The van der Waals surface area contributed by atoms with Crippen LogP contribution in [0.15, 0.2) is 79.0 Å². The van der Waals surface area contributed by atoms with Gasteiger partial charge < -0.3 is 10.2 Å². The van der Waals surface area contributed by atoms with Gasteiger partial charge in [0.25, 0.3) is 0 Å². The molecular formula is C45H54N2O2+2. The lowest BCUT2D eigenvalue weighted by Gasteiger charge is -2.44. The molecule has 49 heavy (non-hydrogen) atoms. The molecule has 2 aliphatic rings. The Kier molecular flexibility index (Phi) is 7.59. The number of aromatic hydroxyl groups is 2. The molecule has 3 aromatic carbocycles. The molecule has 0 fully saturated rings. The van der Waals surface area contributed by atoms with Crippen molar-refractivity contribution in [3.8, 4) is 34.0 Å². The van der Waals surface area contributed by atoms with Gasteiger partial charge in [0, 0.05) is 71.2 Å². The first-order valence-electron chi connectivity index (χ1n) is 18.3. The van der Waals surface area contributed by atoms with E-state index in [1.54, 1.807) is 0 Å². The maximum absolute atomic E-state index is 12.9. The van der Waals surface area contributed by atoms with Crippen LogP contribution in [0, 0.1) is 19.3 Å². The molecule has 2 N–H and O–H groups in total. The van der Waals surface area contributed by atoms with Gasteiger partial charge in [-0.25, -0.2) is 0 Å². The van der Waals surface area contributed by atoms with Gasteiger partial charge in [-0.15, -0.1) is 0 Å². The number of hydrogen-bond acceptors (Lipinski definition) is 2. The van der Waals surface area contributed by atoms with E-state index in [1.165, 1.54) is 33.3 Å². The van der Waals surface area contributed by atoms with Gasteiger partial charge in [0.2, 0.25) is 16.9 Å². The summed E-state index contributed by atoms with van der Waals surface area (Å²) in [5.41, 5.74) is 9.34. The Morgan fingerprint density at radius 1 is 0.673 bits per heavy atom. The molecule has 1 aliphatic carbocycles. The number of pyridine rings is 2. The molecule has 0 spiro atoms. The van der Waals surface area contributed by atoms with E-state index in [2.05, 4.69) is 157 Å². The SMILES string of the molecule is CCC1(CC)C(CC[n+]2ccccc2-c2ccccc2C)c2c(O)c3c(c(O)c2-c2ccc4c(C)cccc4[n+]21)C(C)(C)C(C)(C)C3(C)C. The Morgan fingerprint density at radius 2 is 1.31 bits per heavy atom. The number of phenols is 2. The van der Waals surface area contributed by atoms with Crippen molar-refractivity contribution in [3.05, 3.63) is 107 Å². The number of rotatable bonds is 6. The smallest absolute Gasteiger partial charge is 0.217 e. The average Bonchev–Trinajstić information content (AvgIpc) is 3.19. The van der Waals surface area contributed by atoms with Crippen molar-refractivity contribution in [2.24, 2.45) is 5.41 Å². The minimum absolute atomic E-state index is 0.0580. The zero-order chi connectivity index (χ0) is 35.3. The quantitative estimate of drug-likeness (QED) is 0.141. The van der Waals surface area contributed by atoms with Gasteiger partial charge in [-0.2, -0.15) is 9.13 Å². The number of nitrogens with zero attached hydrogens (tertiary/aromatic N) is 2. The summed E-state index contributed by atoms with van der Waals surface area (Å²) in [5.74, 6) is 0.666. The van der Waals surface area contributed by atoms with Crippen LogP contribution in [0.2, 0.25) is 0 Å². The lowest BCUT2D eigenvalue weighted by molar-refractivity contribution is -0.743. The standard InChI is InChI=1S/C45H52N2O2/c1-11-45(12-2)32(25-27-46-26-16-15-21-33(46)30-20-14-13-18-28(30)3)36-37(35-24-23-31-29(4)19-17-22-34(31)47(35)45)41(49)39-38(40(36)48)42(5,6)44(9,10)43(39,7)8/h13-24,26,32H,11-12,25,27H2,1-10H3/p+2. The maximum Gasteiger partial charge on any atom is 0.217 e. The fourth-order valence-electron chi connectivity index (χ4n) is 10.0. The molecule has 3 heterocycles. The van der Waals surface area contributed by atoms with Crippen LogP contribution in [-0.2, 0) is 22.9 Å². The molecule has 0 saturated heterocycles. The van der Waals surface area contributed by atoms with Crippen LogP contribution in [0.1, 0.15) is 108 Å². The number of benzene rings is 3. The van der Waals surface area contributed by atoms with Crippen LogP contribution in [0.3, 0.4) is 0 Å². The van der Waals surface area contributed by atoms with E-state index in [4.69, 9.17) is 0 Å². The Balaban J connectivity index is 1.55. The van der Waals surface area contributed by atoms with E-state index in [-0.39, 0.29) is 27.7 Å². The zero-order valence-electron chi connectivity index (χ0n) is 31.2. The lowest BCUT2D eigenvalue weighted by atomic mass is 9.59. The molecule has 2 aromatic heterocycles. The topological polar surface area (TPSA) is 48.2 Å². The van der Waals surface area contributed by atoms with Gasteiger partial charge in [0.05, 0.1) is 11.5 Å². The monoisotopic (exact) mass is 654 g/mol. The van der Waals surface area contributed by atoms with E-state index in [9.17, 15) is 10.2 Å². The summed E-state index contributed by atoms with van der Waals surface area (Å²) in [5, 5.41) is 26.9. The Morgan fingerprint density at radius 3 is 1.98 bits per heavy atom. The van der Waals surface area contributed by atoms with E-state index >= 15 is 0 Å². The second-order valence-corrected chi connectivity index (χ2v) is 16.4. The predicted octanol–water partition coefficient (Wildman–Crippen LogP) is 10.1. The van der Waals surface area contributed by atoms with Gasteiger partial charge in [0.15, 0.2) is 11.7 Å². The second kappa shape index (κ2) is 11.2. The van der Waals surface area contributed by atoms with Crippen molar-refractivity contribution in [2.75, 3.05) is 0 Å². The van der Waals surface area contributed by atoms with Gasteiger partial charge in [-0.1, -0.05) is 85.7 Å². The molecular weight excluding hydrogens is 601 g/mol. The molecule has 4 nitrogen and oxygen atoms in total. The summed E-state index contributed by atoms with van der Waals surface area (Å²) >= 11 is 0. The summed E-state index contributed by atoms with van der Waals surface area (Å²) in [6.45, 7) is 23.3. The minimum Gasteiger partial charge on any atom is -0.507 e. The van der Waals surface area contributed by atoms with E-state index < -0.39 is 0 Å². The van der Waals surface area contributed by atoms with Crippen LogP contribution >= 0.6 is 0 Å². The molecule has 1 unspecified atom stereocenters. The normalized spacial score (nSPS) is 19.3. The van der Waals surface area contributed by atoms with Gasteiger partial charge >= 0.3 is 0 Å². The van der Waals surface area contributed by atoms with E-state index in [0.717, 1.165) is 53.8 Å². The molecule has 1 aliphatic heterocycles. The molecule has 0 bridgehead atoms. The predicted molar refractivity (Wildman–Crippen MR) is 200 cm³/mol. The Bertz CT molecular complexity index is 2130. The van der Waals surface area contributed by atoms with Gasteiger partial charge in [-0.05, 0) is 59.4 Å². The highest BCUT2D eigenvalue weighted by atomic mass is 16.3. The molecule has 5 aromatic rings. The summed E-state index contributed by atoms with van der Waals surface area (Å²) in [4.78, 5) is 0. The van der Waals surface area contributed by atoms with Crippen molar-refractivity contribution in [2.45, 2.75) is 117 Å². The molecule has 254 valence electrons. The lowest BCUT2D eigenvalue weighted by Crippen LogP contribution is -2.63. The molecule has 0 amide bonds. The Labute approximate surface area is 293 Å². The number of aromatic nitrogens is 2. The van der Waals surface area contributed by atoms with Gasteiger partial charge in [-0.3, -0.25) is 0 Å². The van der Waals surface area contributed by atoms with Crippen molar-refractivity contribution < 1.29 is 19.3 Å². The van der Waals surface area contributed by atoms with Crippen LogP contribution in [-0.4, -0.2) is 10.2 Å². The molecule has 1 atom stereocenters. The minimum atomic E-state index is -0.372. The van der Waals surface area contributed by atoms with Crippen LogP contribution < -0.4 is 9.13 Å². The summed E-state index contributed by atoms with van der Waals surface area (Å²) in [6, 6.07) is 26.1. The summed E-state index contributed by atoms with van der Waals surface area (Å²) < 4.78 is 4.94.